The van der Waals surface area contributed by atoms with Crippen LogP contribution < -0.4 is 16.0 Å². The number of anilines is 1. The molecule has 1 heterocycles. The molecule has 142 valence electrons. The van der Waals surface area contributed by atoms with Gasteiger partial charge in [0, 0.05) is 30.4 Å². The zero-order chi connectivity index (χ0) is 18.2. The summed E-state index contributed by atoms with van der Waals surface area (Å²) < 4.78 is 5.50. The van der Waals surface area contributed by atoms with E-state index in [2.05, 4.69) is 16.0 Å². The minimum atomic E-state index is -0.0953. The summed E-state index contributed by atoms with van der Waals surface area (Å²) in [5, 5.41) is 9.11. The molecule has 6 heteroatoms. The van der Waals surface area contributed by atoms with Gasteiger partial charge < -0.3 is 20.7 Å². The third-order valence-electron chi connectivity index (χ3n) is 5.08. The normalized spacial score (nSPS) is 20.5. The van der Waals surface area contributed by atoms with Gasteiger partial charge in [-0.2, -0.15) is 0 Å². The van der Waals surface area contributed by atoms with Crippen molar-refractivity contribution < 1.29 is 14.3 Å². The van der Waals surface area contributed by atoms with Crippen molar-refractivity contribution in [3.8, 4) is 0 Å². The smallest absolute Gasteiger partial charge is 0.251 e. The summed E-state index contributed by atoms with van der Waals surface area (Å²) in [5.41, 5.74) is 1.44. The SMILES string of the molecule is O=C(CNc1ccc(C(=O)NCC2CCCO2)cc1)NC1CCCCC1. The first-order valence-electron chi connectivity index (χ1n) is 9.74. The second kappa shape index (κ2) is 9.57. The van der Waals surface area contributed by atoms with Crippen LogP contribution in [0.15, 0.2) is 24.3 Å². The van der Waals surface area contributed by atoms with Gasteiger partial charge in [0.2, 0.25) is 5.91 Å². The number of amides is 2. The maximum Gasteiger partial charge on any atom is 0.251 e. The molecule has 2 fully saturated rings. The molecule has 3 N–H and O–H groups in total. The minimum absolute atomic E-state index is 0.0234. The number of hydrogen-bond donors (Lipinski definition) is 3. The summed E-state index contributed by atoms with van der Waals surface area (Å²) in [6.07, 6.45) is 8.06. The van der Waals surface area contributed by atoms with Crippen molar-refractivity contribution >= 4 is 17.5 Å². The first-order chi connectivity index (χ1) is 12.7. The lowest BCUT2D eigenvalue weighted by atomic mass is 9.95. The molecule has 2 amide bonds. The summed E-state index contributed by atoms with van der Waals surface area (Å²) in [6.45, 7) is 1.59. The molecule has 1 aliphatic heterocycles. The number of nitrogens with one attached hydrogen (secondary N) is 3. The fourth-order valence-electron chi connectivity index (χ4n) is 3.56. The van der Waals surface area contributed by atoms with Crippen molar-refractivity contribution in [1.82, 2.24) is 10.6 Å². The second-order valence-corrected chi connectivity index (χ2v) is 7.18. The predicted octanol–water partition coefficient (Wildman–Crippen LogP) is 2.46. The molecule has 0 bridgehead atoms. The number of benzene rings is 1. The van der Waals surface area contributed by atoms with Crippen molar-refractivity contribution in [1.29, 1.82) is 0 Å². The van der Waals surface area contributed by atoms with Crippen LogP contribution in [0.3, 0.4) is 0 Å². The first kappa shape index (κ1) is 18.7. The van der Waals surface area contributed by atoms with E-state index in [0.29, 0.717) is 18.2 Å². The lowest BCUT2D eigenvalue weighted by Gasteiger charge is -2.22. The number of carbonyl (C=O) groups is 2. The average molecular weight is 359 g/mol. The van der Waals surface area contributed by atoms with Crippen molar-refractivity contribution in [2.24, 2.45) is 0 Å². The first-order valence-corrected chi connectivity index (χ1v) is 9.74. The van der Waals surface area contributed by atoms with Crippen LogP contribution in [0.5, 0.6) is 0 Å². The summed E-state index contributed by atoms with van der Waals surface area (Å²) in [4.78, 5) is 24.2. The van der Waals surface area contributed by atoms with Gasteiger partial charge in [-0.05, 0) is 49.9 Å². The molecule has 0 spiro atoms. The Morgan fingerprint density at radius 3 is 2.46 bits per heavy atom. The van der Waals surface area contributed by atoms with Gasteiger partial charge in [0.1, 0.15) is 0 Å². The molecule has 1 aromatic carbocycles. The van der Waals surface area contributed by atoms with Crippen molar-refractivity contribution in [2.75, 3.05) is 25.0 Å². The summed E-state index contributed by atoms with van der Waals surface area (Å²) in [7, 11) is 0. The molecule has 6 nitrogen and oxygen atoms in total. The van der Waals surface area contributed by atoms with Crippen LogP contribution in [-0.2, 0) is 9.53 Å². The second-order valence-electron chi connectivity index (χ2n) is 7.18. The van der Waals surface area contributed by atoms with Gasteiger partial charge in [0.25, 0.3) is 5.91 Å². The van der Waals surface area contributed by atoms with Crippen molar-refractivity contribution in [3.05, 3.63) is 29.8 Å². The maximum atomic E-state index is 12.1. The molecule has 0 radical (unpaired) electrons. The molecule has 1 aliphatic carbocycles. The van der Waals surface area contributed by atoms with Crippen LogP contribution in [0.2, 0.25) is 0 Å². The quantitative estimate of drug-likeness (QED) is 0.699. The largest absolute Gasteiger partial charge is 0.376 e. The molecule has 2 aliphatic rings. The van der Waals surface area contributed by atoms with E-state index in [-0.39, 0.29) is 24.5 Å². The van der Waals surface area contributed by atoms with Crippen LogP contribution in [0.4, 0.5) is 5.69 Å². The molecule has 0 aromatic heterocycles. The Morgan fingerprint density at radius 2 is 1.77 bits per heavy atom. The highest BCUT2D eigenvalue weighted by Crippen LogP contribution is 2.17. The highest BCUT2D eigenvalue weighted by Gasteiger charge is 2.17. The van der Waals surface area contributed by atoms with Crippen LogP contribution in [-0.4, -0.2) is 43.7 Å². The van der Waals surface area contributed by atoms with Gasteiger partial charge in [0.15, 0.2) is 0 Å². The maximum absolute atomic E-state index is 12.1. The number of ether oxygens (including phenoxy) is 1. The highest BCUT2D eigenvalue weighted by atomic mass is 16.5. The van der Waals surface area contributed by atoms with E-state index in [9.17, 15) is 9.59 Å². The Balaban J connectivity index is 1.39. The fraction of sp³-hybridized carbons (Fsp3) is 0.600. The predicted molar refractivity (Wildman–Crippen MR) is 101 cm³/mol. The average Bonchev–Trinajstić information content (AvgIpc) is 3.19. The van der Waals surface area contributed by atoms with E-state index in [0.717, 1.165) is 38.0 Å². The lowest BCUT2D eigenvalue weighted by molar-refractivity contribution is -0.120. The zero-order valence-electron chi connectivity index (χ0n) is 15.3. The van der Waals surface area contributed by atoms with E-state index >= 15 is 0 Å². The Kier molecular flexibility index (Phi) is 6.89. The van der Waals surface area contributed by atoms with Gasteiger partial charge in [0.05, 0.1) is 12.6 Å². The van der Waals surface area contributed by atoms with E-state index in [4.69, 9.17) is 4.74 Å². The third kappa shape index (κ3) is 5.73. The molecule has 26 heavy (non-hydrogen) atoms. The number of carbonyl (C=O) groups excluding carboxylic acids is 2. The molecule has 1 unspecified atom stereocenters. The molecular weight excluding hydrogens is 330 g/mol. The topological polar surface area (TPSA) is 79.5 Å². The van der Waals surface area contributed by atoms with Crippen LogP contribution in [0.25, 0.3) is 0 Å². The van der Waals surface area contributed by atoms with Crippen LogP contribution in [0.1, 0.15) is 55.3 Å². The number of hydrogen-bond acceptors (Lipinski definition) is 4. The summed E-state index contributed by atoms with van der Waals surface area (Å²) in [5.74, 6) is -0.0719. The van der Waals surface area contributed by atoms with E-state index in [1.165, 1.54) is 19.3 Å². The Labute approximate surface area is 155 Å². The minimum Gasteiger partial charge on any atom is -0.376 e. The van der Waals surface area contributed by atoms with Gasteiger partial charge in [-0.25, -0.2) is 0 Å². The van der Waals surface area contributed by atoms with Crippen molar-refractivity contribution in [2.45, 2.75) is 57.1 Å². The molecule has 1 aromatic rings. The Hall–Kier alpha value is -2.08. The van der Waals surface area contributed by atoms with E-state index < -0.39 is 0 Å². The van der Waals surface area contributed by atoms with E-state index in [1.807, 2.05) is 12.1 Å². The molecule has 1 atom stereocenters. The van der Waals surface area contributed by atoms with Gasteiger partial charge in [-0.1, -0.05) is 19.3 Å². The van der Waals surface area contributed by atoms with Gasteiger partial charge in [-0.3, -0.25) is 9.59 Å². The van der Waals surface area contributed by atoms with E-state index in [1.54, 1.807) is 12.1 Å². The van der Waals surface area contributed by atoms with Crippen molar-refractivity contribution in [3.63, 3.8) is 0 Å². The third-order valence-corrected chi connectivity index (χ3v) is 5.08. The molecular formula is C20H29N3O3. The molecule has 3 rings (SSSR count). The Morgan fingerprint density at radius 1 is 1.00 bits per heavy atom. The van der Waals surface area contributed by atoms with Crippen LogP contribution >= 0.6 is 0 Å². The fourth-order valence-corrected chi connectivity index (χ4v) is 3.56. The monoisotopic (exact) mass is 359 g/mol. The van der Waals surface area contributed by atoms with Gasteiger partial charge >= 0.3 is 0 Å². The Bertz CT molecular complexity index is 591. The number of rotatable bonds is 7. The zero-order valence-corrected chi connectivity index (χ0v) is 15.3. The summed E-state index contributed by atoms with van der Waals surface area (Å²) in [6, 6.07) is 7.52. The molecule has 1 saturated heterocycles. The lowest BCUT2D eigenvalue weighted by Crippen LogP contribution is -2.39. The highest BCUT2D eigenvalue weighted by molar-refractivity contribution is 5.94. The van der Waals surface area contributed by atoms with Gasteiger partial charge in [-0.15, -0.1) is 0 Å². The van der Waals surface area contributed by atoms with Crippen LogP contribution in [0, 0.1) is 0 Å². The molecule has 1 saturated carbocycles. The standard InChI is InChI=1S/C20H29N3O3/c24-19(23-17-5-2-1-3-6-17)14-21-16-10-8-15(9-11-16)20(25)22-13-18-7-4-12-26-18/h8-11,17-18,21H,1-7,12-14H2,(H,22,25)(H,23,24). The summed E-state index contributed by atoms with van der Waals surface area (Å²) >= 11 is 0.